The van der Waals surface area contributed by atoms with Crippen LogP contribution in [0.4, 0.5) is 5.82 Å². The fraction of sp³-hybridized carbons (Fsp3) is 0.737. The van der Waals surface area contributed by atoms with Crippen LogP contribution in [0.25, 0.3) is 0 Å². The third-order valence-corrected chi connectivity index (χ3v) is 4.15. The Hall–Kier alpha value is -1.85. The van der Waals surface area contributed by atoms with Crippen molar-refractivity contribution in [2.24, 2.45) is 0 Å². The van der Waals surface area contributed by atoms with Crippen molar-refractivity contribution in [1.82, 2.24) is 10.1 Å². The summed E-state index contributed by atoms with van der Waals surface area (Å²) >= 11 is 0. The van der Waals surface area contributed by atoms with Gasteiger partial charge in [0.15, 0.2) is 5.82 Å². The van der Waals surface area contributed by atoms with E-state index in [4.69, 9.17) is 4.52 Å². The van der Waals surface area contributed by atoms with E-state index in [2.05, 4.69) is 17.4 Å². The summed E-state index contributed by atoms with van der Waals surface area (Å²) < 4.78 is 4.92. The molecule has 6 nitrogen and oxygen atoms in total. The van der Waals surface area contributed by atoms with E-state index in [0.717, 1.165) is 12.8 Å². The van der Waals surface area contributed by atoms with Gasteiger partial charge < -0.3 is 14.7 Å². The molecule has 2 amide bonds. The van der Waals surface area contributed by atoms with Crippen molar-refractivity contribution < 1.29 is 14.1 Å². The highest BCUT2D eigenvalue weighted by Gasteiger charge is 2.20. The number of aromatic nitrogens is 1. The van der Waals surface area contributed by atoms with Crippen LogP contribution < -0.4 is 5.32 Å². The summed E-state index contributed by atoms with van der Waals surface area (Å²) in [5.74, 6) is 0.793. The third kappa shape index (κ3) is 8.70. The molecular weight excluding hydrogens is 318 g/mol. The van der Waals surface area contributed by atoms with Crippen molar-refractivity contribution >= 4 is 17.6 Å². The maximum Gasteiger partial charge on any atom is 0.245 e. The van der Waals surface area contributed by atoms with Crippen LogP contribution in [0.5, 0.6) is 0 Å². The third-order valence-electron chi connectivity index (χ3n) is 4.15. The van der Waals surface area contributed by atoms with Crippen molar-refractivity contribution in [3.63, 3.8) is 0 Å². The smallest absolute Gasteiger partial charge is 0.245 e. The monoisotopic (exact) mass is 351 g/mol. The van der Waals surface area contributed by atoms with Gasteiger partial charge in [-0.3, -0.25) is 9.59 Å². The predicted octanol–water partition coefficient (Wildman–Crippen LogP) is 4.30. The average Bonchev–Trinajstić information content (AvgIpc) is 2.96. The number of nitrogens with zero attached hydrogens (tertiary/aromatic N) is 2. The number of hydrogen-bond donors (Lipinski definition) is 1. The van der Waals surface area contributed by atoms with E-state index < -0.39 is 0 Å². The Labute approximate surface area is 151 Å². The highest BCUT2D eigenvalue weighted by Crippen LogP contribution is 2.12. The Morgan fingerprint density at radius 3 is 2.36 bits per heavy atom. The van der Waals surface area contributed by atoms with Crippen LogP contribution >= 0.6 is 0 Å². The first-order chi connectivity index (χ1) is 11.9. The molecule has 1 aromatic heterocycles. The van der Waals surface area contributed by atoms with E-state index >= 15 is 0 Å². The van der Waals surface area contributed by atoms with Gasteiger partial charge in [-0.25, -0.2) is 0 Å². The van der Waals surface area contributed by atoms with Crippen LogP contribution in [0.1, 0.15) is 77.9 Å². The van der Waals surface area contributed by atoms with E-state index in [1.807, 2.05) is 13.8 Å². The number of aryl methyl sites for hydroxylation is 1. The molecule has 25 heavy (non-hydrogen) atoms. The Morgan fingerprint density at radius 2 is 1.80 bits per heavy atom. The molecule has 0 saturated heterocycles. The minimum atomic E-state index is -0.255. The zero-order valence-electron chi connectivity index (χ0n) is 16.1. The van der Waals surface area contributed by atoms with Crippen LogP contribution in [0.3, 0.4) is 0 Å². The highest BCUT2D eigenvalue weighted by atomic mass is 16.5. The van der Waals surface area contributed by atoms with Gasteiger partial charge >= 0.3 is 0 Å². The fourth-order valence-electron chi connectivity index (χ4n) is 2.70. The van der Waals surface area contributed by atoms with Crippen LogP contribution in [0.15, 0.2) is 10.6 Å². The van der Waals surface area contributed by atoms with Gasteiger partial charge in [-0.1, -0.05) is 50.6 Å². The number of rotatable bonds is 12. The van der Waals surface area contributed by atoms with Crippen molar-refractivity contribution in [1.29, 1.82) is 0 Å². The molecule has 1 aromatic rings. The van der Waals surface area contributed by atoms with E-state index in [9.17, 15) is 9.59 Å². The number of carbonyl (C=O) groups excluding carboxylic acids is 2. The van der Waals surface area contributed by atoms with E-state index in [1.54, 1.807) is 17.9 Å². The number of amides is 2. The largest absolute Gasteiger partial charge is 0.360 e. The summed E-state index contributed by atoms with van der Waals surface area (Å²) in [6.45, 7) is 7.86. The summed E-state index contributed by atoms with van der Waals surface area (Å²) in [7, 11) is 0. The summed E-state index contributed by atoms with van der Waals surface area (Å²) in [4.78, 5) is 26.2. The van der Waals surface area contributed by atoms with Gasteiger partial charge in [-0.05, 0) is 27.2 Å². The van der Waals surface area contributed by atoms with Crippen LogP contribution in [-0.4, -0.2) is 34.5 Å². The van der Waals surface area contributed by atoms with Crippen molar-refractivity contribution in [3.05, 3.63) is 11.8 Å². The highest BCUT2D eigenvalue weighted by molar-refractivity contribution is 5.93. The van der Waals surface area contributed by atoms with Crippen LogP contribution in [0.2, 0.25) is 0 Å². The normalized spacial score (nSPS) is 10.9. The van der Waals surface area contributed by atoms with Gasteiger partial charge in [-0.15, -0.1) is 0 Å². The van der Waals surface area contributed by atoms with Gasteiger partial charge in [-0.2, -0.15) is 0 Å². The lowest BCUT2D eigenvalue weighted by Crippen LogP contribution is -2.42. The first kappa shape index (κ1) is 21.2. The summed E-state index contributed by atoms with van der Waals surface area (Å²) in [6.07, 6.45) is 8.71. The zero-order chi connectivity index (χ0) is 18.7. The number of hydrogen-bond acceptors (Lipinski definition) is 4. The standard InChI is InChI=1S/C19H33N3O3/c1-5-6-7-8-9-10-11-12-19(24)22(15(2)3)14-18(23)20-17-13-16(4)25-21-17/h13,15H,5-12,14H2,1-4H3,(H,20,21,23). The Bertz CT molecular complexity index is 526. The number of carbonyl (C=O) groups is 2. The lowest BCUT2D eigenvalue weighted by atomic mass is 10.1. The fourth-order valence-corrected chi connectivity index (χ4v) is 2.70. The molecule has 0 saturated carbocycles. The van der Waals surface area contributed by atoms with Crippen LogP contribution in [-0.2, 0) is 9.59 Å². The van der Waals surface area contributed by atoms with Crippen LogP contribution in [0, 0.1) is 6.92 Å². The molecule has 0 aliphatic rings. The molecule has 0 aliphatic heterocycles. The first-order valence-corrected chi connectivity index (χ1v) is 9.46. The lowest BCUT2D eigenvalue weighted by molar-refractivity contribution is -0.136. The van der Waals surface area contributed by atoms with Gasteiger partial charge in [0.1, 0.15) is 12.3 Å². The summed E-state index contributed by atoms with van der Waals surface area (Å²) in [5.41, 5.74) is 0. The van der Waals surface area contributed by atoms with Crippen molar-refractivity contribution in [2.75, 3.05) is 11.9 Å². The topological polar surface area (TPSA) is 75.4 Å². The molecule has 0 spiro atoms. The minimum Gasteiger partial charge on any atom is -0.360 e. The molecular formula is C19H33N3O3. The molecule has 1 rings (SSSR count). The number of unbranched alkanes of at least 4 members (excludes halogenated alkanes) is 6. The van der Waals surface area contributed by atoms with E-state index in [-0.39, 0.29) is 24.4 Å². The maximum absolute atomic E-state index is 12.4. The average molecular weight is 351 g/mol. The summed E-state index contributed by atoms with van der Waals surface area (Å²) in [6, 6.07) is 1.64. The molecule has 142 valence electrons. The molecule has 0 aliphatic carbocycles. The lowest BCUT2D eigenvalue weighted by Gasteiger charge is -2.26. The molecule has 6 heteroatoms. The van der Waals surface area contributed by atoms with E-state index in [1.165, 1.54) is 32.1 Å². The van der Waals surface area contributed by atoms with Gasteiger partial charge in [0.2, 0.25) is 11.8 Å². The first-order valence-electron chi connectivity index (χ1n) is 9.46. The van der Waals surface area contributed by atoms with Gasteiger partial charge in [0, 0.05) is 18.5 Å². The SMILES string of the molecule is CCCCCCCCCC(=O)N(CC(=O)Nc1cc(C)on1)C(C)C. The Kier molecular flexibility index (Phi) is 9.88. The minimum absolute atomic E-state index is 0.0122. The number of nitrogens with one attached hydrogen (secondary N) is 1. The Balaban J connectivity index is 2.34. The van der Waals surface area contributed by atoms with Gasteiger partial charge in [0.25, 0.3) is 0 Å². The molecule has 0 radical (unpaired) electrons. The molecule has 0 aromatic carbocycles. The summed E-state index contributed by atoms with van der Waals surface area (Å²) in [5, 5.41) is 6.39. The Morgan fingerprint density at radius 1 is 1.16 bits per heavy atom. The van der Waals surface area contributed by atoms with Crippen molar-refractivity contribution in [2.45, 2.75) is 85.1 Å². The van der Waals surface area contributed by atoms with Crippen molar-refractivity contribution in [3.8, 4) is 0 Å². The second-order valence-electron chi connectivity index (χ2n) is 6.86. The molecule has 0 fully saturated rings. The second kappa shape index (κ2) is 11.7. The molecule has 0 bridgehead atoms. The zero-order valence-corrected chi connectivity index (χ0v) is 16.1. The maximum atomic E-state index is 12.4. The quantitative estimate of drug-likeness (QED) is 0.570. The molecule has 1 heterocycles. The molecule has 0 atom stereocenters. The number of anilines is 1. The predicted molar refractivity (Wildman–Crippen MR) is 99.3 cm³/mol. The van der Waals surface area contributed by atoms with Gasteiger partial charge in [0.05, 0.1) is 0 Å². The molecule has 1 N–H and O–H groups in total. The second-order valence-corrected chi connectivity index (χ2v) is 6.86. The van der Waals surface area contributed by atoms with E-state index in [0.29, 0.717) is 18.0 Å². The molecule has 0 unspecified atom stereocenters.